The predicted octanol–water partition coefficient (Wildman–Crippen LogP) is 2.94. The van der Waals surface area contributed by atoms with Crippen molar-refractivity contribution in [2.75, 3.05) is 19.8 Å². The molecule has 1 aromatic rings. The monoisotopic (exact) mass is 417 g/mol. The second kappa shape index (κ2) is 9.43. The Labute approximate surface area is 173 Å². The first-order chi connectivity index (χ1) is 14.5. The van der Waals surface area contributed by atoms with Crippen molar-refractivity contribution in [1.82, 2.24) is 4.90 Å². The van der Waals surface area contributed by atoms with Gasteiger partial charge in [-0.25, -0.2) is 9.59 Å². The van der Waals surface area contributed by atoms with Gasteiger partial charge in [0.25, 0.3) is 11.8 Å². The molecule has 0 saturated heterocycles. The van der Waals surface area contributed by atoms with E-state index in [0.717, 1.165) is 4.90 Å². The Kier molecular flexibility index (Phi) is 6.71. The van der Waals surface area contributed by atoms with Gasteiger partial charge in [-0.2, -0.15) is 0 Å². The summed E-state index contributed by atoms with van der Waals surface area (Å²) in [5.74, 6) is -1.44. The SMILES string of the molecule is CCOC(=O)OC1CC=CC(CN2C(=O)c3ccccc3C2=O)C1OC(=O)OCC. The van der Waals surface area contributed by atoms with E-state index in [9.17, 15) is 19.2 Å². The number of carbonyl (C=O) groups excluding carboxylic acids is 4. The lowest BCUT2D eigenvalue weighted by atomic mass is 9.89. The molecule has 9 nitrogen and oxygen atoms in total. The van der Waals surface area contributed by atoms with E-state index in [1.54, 1.807) is 50.3 Å². The summed E-state index contributed by atoms with van der Waals surface area (Å²) in [6.45, 7) is 3.46. The Bertz CT molecular complexity index is 829. The first-order valence-corrected chi connectivity index (χ1v) is 9.74. The number of rotatable bonds is 6. The molecule has 0 saturated carbocycles. The van der Waals surface area contributed by atoms with Crippen LogP contribution in [0, 0.1) is 5.92 Å². The molecule has 0 fully saturated rings. The summed E-state index contributed by atoms with van der Waals surface area (Å²) in [4.78, 5) is 50.3. The van der Waals surface area contributed by atoms with Crippen LogP contribution in [-0.2, 0) is 18.9 Å². The minimum Gasteiger partial charge on any atom is -0.435 e. The number of benzene rings is 1. The van der Waals surface area contributed by atoms with Gasteiger partial charge in [-0.1, -0.05) is 24.3 Å². The van der Waals surface area contributed by atoms with Crippen molar-refractivity contribution in [1.29, 1.82) is 0 Å². The molecule has 0 aromatic heterocycles. The summed E-state index contributed by atoms with van der Waals surface area (Å²) in [6, 6.07) is 6.55. The first-order valence-electron chi connectivity index (χ1n) is 9.74. The van der Waals surface area contributed by atoms with Crippen LogP contribution in [0.4, 0.5) is 9.59 Å². The average Bonchev–Trinajstić information content (AvgIpc) is 2.96. The molecule has 0 spiro atoms. The molecule has 2 amide bonds. The highest BCUT2D eigenvalue weighted by molar-refractivity contribution is 6.21. The van der Waals surface area contributed by atoms with Crippen LogP contribution in [0.5, 0.6) is 0 Å². The highest BCUT2D eigenvalue weighted by atomic mass is 16.8. The Hall–Kier alpha value is -3.36. The molecule has 1 aliphatic carbocycles. The zero-order valence-electron chi connectivity index (χ0n) is 16.7. The number of carbonyl (C=O) groups is 4. The molecule has 3 rings (SSSR count). The smallest absolute Gasteiger partial charge is 0.435 e. The lowest BCUT2D eigenvalue weighted by molar-refractivity contribution is -0.0722. The van der Waals surface area contributed by atoms with Crippen LogP contribution in [0.3, 0.4) is 0 Å². The lowest BCUT2D eigenvalue weighted by Gasteiger charge is -2.34. The number of amides is 2. The molecule has 3 atom stereocenters. The Morgan fingerprint density at radius 2 is 1.53 bits per heavy atom. The third kappa shape index (κ3) is 4.45. The Balaban J connectivity index is 1.80. The van der Waals surface area contributed by atoms with Gasteiger partial charge in [-0.05, 0) is 26.0 Å². The van der Waals surface area contributed by atoms with Crippen LogP contribution in [0.2, 0.25) is 0 Å². The second-order valence-electron chi connectivity index (χ2n) is 6.70. The average molecular weight is 417 g/mol. The first kappa shape index (κ1) is 21.4. The lowest BCUT2D eigenvalue weighted by Crippen LogP contribution is -2.47. The van der Waals surface area contributed by atoms with Crippen molar-refractivity contribution in [3.8, 4) is 0 Å². The molecule has 3 unspecified atom stereocenters. The number of hydrogen-bond acceptors (Lipinski definition) is 8. The van der Waals surface area contributed by atoms with E-state index in [0.29, 0.717) is 11.1 Å². The zero-order chi connectivity index (χ0) is 21.7. The van der Waals surface area contributed by atoms with Gasteiger partial charge in [0.2, 0.25) is 0 Å². The second-order valence-corrected chi connectivity index (χ2v) is 6.70. The maximum Gasteiger partial charge on any atom is 0.508 e. The maximum atomic E-state index is 12.7. The summed E-state index contributed by atoms with van der Waals surface area (Å²) in [7, 11) is 0. The van der Waals surface area contributed by atoms with Gasteiger partial charge in [0.1, 0.15) is 6.10 Å². The minimum absolute atomic E-state index is 0.0460. The standard InChI is InChI=1S/C21H23NO8/c1-3-27-20(25)29-16-11-7-8-13(17(16)30-21(26)28-4-2)12-22-18(23)14-9-5-6-10-15(14)19(22)24/h5-10,13,16-17H,3-4,11-12H2,1-2H3. The van der Waals surface area contributed by atoms with Crippen molar-refractivity contribution in [3.05, 3.63) is 47.5 Å². The summed E-state index contributed by atoms with van der Waals surface area (Å²) in [6.07, 6.45) is 0.135. The number of ether oxygens (including phenoxy) is 4. The predicted molar refractivity (Wildman–Crippen MR) is 103 cm³/mol. The van der Waals surface area contributed by atoms with E-state index in [4.69, 9.17) is 18.9 Å². The number of fused-ring (bicyclic) bond motifs is 1. The van der Waals surface area contributed by atoms with Crippen LogP contribution in [0.1, 0.15) is 41.0 Å². The maximum absolute atomic E-state index is 12.7. The molecule has 2 aliphatic rings. The normalized spacial score (nSPS) is 22.5. The van der Waals surface area contributed by atoms with Crippen LogP contribution in [-0.4, -0.2) is 61.0 Å². The molecular formula is C21H23NO8. The quantitative estimate of drug-likeness (QED) is 0.395. The molecule has 0 bridgehead atoms. The van der Waals surface area contributed by atoms with Gasteiger partial charge in [-0.15, -0.1) is 0 Å². The van der Waals surface area contributed by atoms with Gasteiger partial charge >= 0.3 is 12.3 Å². The fourth-order valence-electron chi connectivity index (χ4n) is 3.50. The largest absolute Gasteiger partial charge is 0.508 e. The number of imide groups is 1. The summed E-state index contributed by atoms with van der Waals surface area (Å²) < 4.78 is 20.4. The van der Waals surface area contributed by atoms with Gasteiger partial charge in [0.15, 0.2) is 6.10 Å². The highest BCUT2D eigenvalue weighted by Crippen LogP contribution is 2.30. The Morgan fingerprint density at radius 3 is 2.10 bits per heavy atom. The van der Waals surface area contributed by atoms with E-state index in [-0.39, 0.29) is 26.2 Å². The fraction of sp³-hybridized carbons (Fsp3) is 0.429. The van der Waals surface area contributed by atoms with Crippen molar-refractivity contribution < 1.29 is 38.1 Å². The van der Waals surface area contributed by atoms with E-state index in [1.165, 1.54) is 0 Å². The number of nitrogens with zero attached hydrogens (tertiary/aromatic N) is 1. The third-order valence-corrected chi connectivity index (χ3v) is 4.82. The summed E-state index contributed by atoms with van der Waals surface area (Å²) in [5.41, 5.74) is 0.647. The summed E-state index contributed by atoms with van der Waals surface area (Å²) >= 11 is 0. The van der Waals surface area contributed by atoms with Gasteiger partial charge in [-0.3, -0.25) is 14.5 Å². The molecule has 30 heavy (non-hydrogen) atoms. The molecule has 9 heteroatoms. The third-order valence-electron chi connectivity index (χ3n) is 4.82. The highest BCUT2D eigenvalue weighted by Gasteiger charge is 2.42. The molecule has 160 valence electrons. The molecule has 0 N–H and O–H groups in total. The molecule has 1 heterocycles. The van der Waals surface area contributed by atoms with Crippen LogP contribution in [0.15, 0.2) is 36.4 Å². The summed E-state index contributed by atoms with van der Waals surface area (Å²) in [5, 5.41) is 0. The van der Waals surface area contributed by atoms with Crippen molar-refractivity contribution in [2.45, 2.75) is 32.5 Å². The van der Waals surface area contributed by atoms with E-state index >= 15 is 0 Å². The van der Waals surface area contributed by atoms with Crippen LogP contribution >= 0.6 is 0 Å². The van der Waals surface area contributed by atoms with E-state index in [2.05, 4.69) is 0 Å². The van der Waals surface area contributed by atoms with Gasteiger partial charge in [0, 0.05) is 18.9 Å². The number of hydrogen-bond donors (Lipinski definition) is 0. The topological polar surface area (TPSA) is 108 Å². The van der Waals surface area contributed by atoms with E-state index in [1.807, 2.05) is 0 Å². The molecule has 1 aromatic carbocycles. The van der Waals surface area contributed by atoms with Crippen molar-refractivity contribution in [2.24, 2.45) is 5.92 Å². The molecule has 1 aliphatic heterocycles. The minimum atomic E-state index is -0.956. The van der Waals surface area contributed by atoms with Gasteiger partial charge in [0.05, 0.1) is 24.3 Å². The van der Waals surface area contributed by atoms with E-state index < -0.39 is 42.3 Å². The fourth-order valence-corrected chi connectivity index (χ4v) is 3.50. The molecule has 0 radical (unpaired) electrons. The Morgan fingerprint density at radius 1 is 0.967 bits per heavy atom. The van der Waals surface area contributed by atoms with Crippen molar-refractivity contribution >= 4 is 24.1 Å². The van der Waals surface area contributed by atoms with Crippen LogP contribution < -0.4 is 0 Å². The van der Waals surface area contributed by atoms with Gasteiger partial charge < -0.3 is 18.9 Å². The zero-order valence-corrected chi connectivity index (χ0v) is 16.7. The van der Waals surface area contributed by atoms with Crippen LogP contribution in [0.25, 0.3) is 0 Å². The van der Waals surface area contributed by atoms with Crippen molar-refractivity contribution in [3.63, 3.8) is 0 Å². The molecular weight excluding hydrogens is 394 g/mol.